The molecule has 1 unspecified atom stereocenters. The lowest BCUT2D eigenvalue weighted by atomic mass is 10.1. The number of thiophene rings is 1. The first-order chi connectivity index (χ1) is 14.6. The first kappa shape index (κ1) is 19.8. The standard InChI is InChI=1S/C23H21N3O3S/c1-15(17-10-6-7-11-19(17)29-2)25-21(27)13-26-14-24-18-12-20(30-22(18)23(26)28)16-8-4-3-5-9-16/h3-12,14-15H,13H2,1-2H3,(H,25,27). The van der Waals surface area contributed by atoms with Crippen LogP contribution in [0.2, 0.25) is 0 Å². The van der Waals surface area contributed by atoms with Crippen molar-refractivity contribution in [2.45, 2.75) is 19.5 Å². The van der Waals surface area contributed by atoms with Crippen LogP contribution >= 0.6 is 11.3 Å². The number of nitrogens with one attached hydrogen (secondary N) is 1. The number of hydrogen-bond acceptors (Lipinski definition) is 5. The number of fused-ring (bicyclic) bond motifs is 1. The predicted octanol–water partition coefficient (Wildman–Crippen LogP) is 4.01. The Kier molecular flexibility index (Phi) is 5.63. The van der Waals surface area contributed by atoms with Crippen molar-refractivity contribution in [2.75, 3.05) is 7.11 Å². The number of ether oxygens (including phenoxy) is 1. The number of carbonyl (C=O) groups excluding carboxylic acids is 1. The third kappa shape index (κ3) is 3.97. The quantitative estimate of drug-likeness (QED) is 0.512. The van der Waals surface area contributed by atoms with Crippen molar-refractivity contribution in [1.82, 2.24) is 14.9 Å². The molecular weight excluding hydrogens is 398 g/mol. The van der Waals surface area contributed by atoms with Gasteiger partial charge < -0.3 is 10.1 Å². The van der Waals surface area contributed by atoms with Crippen LogP contribution in [0.5, 0.6) is 5.75 Å². The van der Waals surface area contributed by atoms with Crippen LogP contribution in [0.15, 0.2) is 71.8 Å². The molecule has 30 heavy (non-hydrogen) atoms. The third-order valence-corrected chi connectivity index (χ3v) is 6.02. The highest BCUT2D eigenvalue weighted by atomic mass is 32.1. The maximum Gasteiger partial charge on any atom is 0.271 e. The Morgan fingerprint density at radius 1 is 1.17 bits per heavy atom. The molecule has 1 amide bonds. The summed E-state index contributed by atoms with van der Waals surface area (Å²) in [6, 6.07) is 19.0. The van der Waals surface area contributed by atoms with E-state index < -0.39 is 0 Å². The number of aromatic nitrogens is 2. The van der Waals surface area contributed by atoms with E-state index in [1.807, 2.05) is 67.6 Å². The summed E-state index contributed by atoms with van der Waals surface area (Å²) in [5.41, 5.74) is 2.34. The Balaban J connectivity index is 1.54. The summed E-state index contributed by atoms with van der Waals surface area (Å²) in [4.78, 5) is 30.8. The van der Waals surface area contributed by atoms with E-state index in [2.05, 4.69) is 10.3 Å². The van der Waals surface area contributed by atoms with Gasteiger partial charge in [0.25, 0.3) is 5.56 Å². The van der Waals surface area contributed by atoms with Crippen molar-refractivity contribution < 1.29 is 9.53 Å². The second-order valence-corrected chi connectivity index (χ2v) is 7.95. The molecule has 0 aliphatic heterocycles. The van der Waals surface area contributed by atoms with Gasteiger partial charge in [-0.05, 0) is 24.6 Å². The molecule has 4 aromatic rings. The summed E-state index contributed by atoms with van der Waals surface area (Å²) < 4.78 is 7.25. The van der Waals surface area contributed by atoms with Crippen molar-refractivity contribution in [1.29, 1.82) is 0 Å². The van der Waals surface area contributed by atoms with Gasteiger partial charge in [0.2, 0.25) is 5.91 Å². The molecule has 2 aromatic carbocycles. The molecule has 0 aliphatic rings. The number of rotatable bonds is 6. The van der Waals surface area contributed by atoms with Gasteiger partial charge in [-0.3, -0.25) is 14.2 Å². The van der Waals surface area contributed by atoms with Crippen molar-refractivity contribution in [2.24, 2.45) is 0 Å². The third-order valence-electron chi connectivity index (χ3n) is 4.86. The number of amides is 1. The average molecular weight is 420 g/mol. The zero-order valence-electron chi connectivity index (χ0n) is 16.7. The fourth-order valence-corrected chi connectivity index (χ4v) is 4.41. The highest BCUT2D eigenvalue weighted by Gasteiger charge is 2.16. The Hall–Kier alpha value is -3.45. The summed E-state index contributed by atoms with van der Waals surface area (Å²) in [6.45, 7) is 1.78. The second-order valence-electron chi connectivity index (χ2n) is 6.90. The van der Waals surface area contributed by atoms with Crippen LogP contribution in [-0.4, -0.2) is 22.6 Å². The first-order valence-corrected chi connectivity index (χ1v) is 10.3. The lowest BCUT2D eigenvalue weighted by molar-refractivity contribution is -0.122. The number of hydrogen-bond donors (Lipinski definition) is 1. The van der Waals surface area contributed by atoms with Gasteiger partial charge in [0.05, 0.1) is 25.0 Å². The van der Waals surface area contributed by atoms with Crippen molar-refractivity contribution in [3.63, 3.8) is 0 Å². The van der Waals surface area contributed by atoms with Gasteiger partial charge in [-0.25, -0.2) is 4.98 Å². The summed E-state index contributed by atoms with van der Waals surface area (Å²) in [7, 11) is 1.60. The van der Waals surface area contributed by atoms with Crippen molar-refractivity contribution >= 4 is 27.5 Å². The van der Waals surface area contributed by atoms with Gasteiger partial charge in [0, 0.05) is 10.4 Å². The number of para-hydroxylation sites is 1. The molecule has 0 saturated heterocycles. The molecule has 6 nitrogen and oxygen atoms in total. The fraction of sp³-hybridized carbons (Fsp3) is 0.174. The van der Waals surface area contributed by atoms with E-state index in [1.54, 1.807) is 7.11 Å². The van der Waals surface area contributed by atoms with Gasteiger partial charge in [0.1, 0.15) is 17.0 Å². The van der Waals surface area contributed by atoms with Gasteiger partial charge in [-0.15, -0.1) is 11.3 Å². The molecule has 7 heteroatoms. The number of nitrogens with zero attached hydrogens (tertiary/aromatic N) is 2. The van der Waals surface area contributed by atoms with Crippen LogP contribution in [0.4, 0.5) is 0 Å². The van der Waals surface area contributed by atoms with Crippen LogP contribution in [0.25, 0.3) is 20.7 Å². The fourth-order valence-electron chi connectivity index (χ4n) is 3.35. The van der Waals surface area contributed by atoms with Crippen molar-refractivity contribution in [3.8, 4) is 16.2 Å². The van der Waals surface area contributed by atoms with Crippen LogP contribution in [0, 0.1) is 0 Å². The van der Waals surface area contributed by atoms with E-state index in [4.69, 9.17) is 4.74 Å². The summed E-state index contributed by atoms with van der Waals surface area (Å²) in [5, 5.41) is 2.92. The monoisotopic (exact) mass is 419 g/mol. The topological polar surface area (TPSA) is 73.2 Å². The van der Waals surface area contributed by atoms with E-state index in [-0.39, 0.29) is 24.1 Å². The van der Waals surface area contributed by atoms with E-state index >= 15 is 0 Å². The van der Waals surface area contributed by atoms with Crippen molar-refractivity contribution in [3.05, 3.63) is 82.9 Å². The van der Waals surface area contributed by atoms with Crippen LogP contribution < -0.4 is 15.6 Å². The largest absolute Gasteiger partial charge is 0.496 e. The Bertz CT molecular complexity index is 1250. The van der Waals surface area contributed by atoms with E-state index in [1.165, 1.54) is 22.2 Å². The van der Waals surface area contributed by atoms with Gasteiger partial charge in [-0.1, -0.05) is 48.5 Å². The molecular formula is C23H21N3O3S. The second kappa shape index (κ2) is 8.51. The molecule has 2 aromatic heterocycles. The number of carbonyl (C=O) groups is 1. The Morgan fingerprint density at radius 3 is 2.67 bits per heavy atom. The minimum atomic E-state index is -0.267. The van der Waals surface area contributed by atoms with E-state index in [0.29, 0.717) is 16.0 Å². The van der Waals surface area contributed by atoms with Crippen LogP contribution in [0.1, 0.15) is 18.5 Å². The maximum absolute atomic E-state index is 12.9. The Labute approximate surface area is 177 Å². The molecule has 0 bridgehead atoms. The van der Waals surface area contributed by atoms with Crippen LogP contribution in [0.3, 0.4) is 0 Å². The Morgan fingerprint density at radius 2 is 1.90 bits per heavy atom. The lowest BCUT2D eigenvalue weighted by Crippen LogP contribution is -2.33. The molecule has 4 rings (SSSR count). The van der Waals surface area contributed by atoms with Gasteiger partial charge in [0.15, 0.2) is 0 Å². The van der Waals surface area contributed by atoms with Crippen LogP contribution in [-0.2, 0) is 11.3 Å². The van der Waals surface area contributed by atoms with Gasteiger partial charge >= 0.3 is 0 Å². The normalized spacial score (nSPS) is 11.9. The lowest BCUT2D eigenvalue weighted by Gasteiger charge is -2.17. The molecule has 0 spiro atoms. The maximum atomic E-state index is 12.9. The SMILES string of the molecule is COc1ccccc1C(C)NC(=O)Cn1cnc2cc(-c3ccccc3)sc2c1=O. The molecule has 0 radical (unpaired) electrons. The molecule has 1 atom stereocenters. The molecule has 152 valence electrons. The highest BCUT2D eigenvalue weighted by Crippen LogP contribution is 2.30. The number of methoxy groups -OCH3 is 1. The molecule has 2 heterocycles. The zero-order valence-corrected chi connectivity index (χ0v) is 17.5. The van der Waals surface area contributed by atoms with E-state index in [0.717, 1.165) is 16.0 Å². The van der Waals surface area contributed by atoms with E-state index in [9.17, 15) is 9.59 Å². The molecule has 0 saturated carbocycles. The summed E-state index contributed by atoms with van der Waals surface area (Å²) >= 11 is 1.39. The molecule has 1 N–H and O–H groups in total. The average Bonchev–Trinajstić information content (AvgIpc) is 3.21. The van der Waals surface area contributed by atoms with Gasteiger partial charge in [-0.2, -0.15) is 0 Å². The zero-order chi connectivity index (χ0) is 21.1. The first-order valence-electron chi connectivity index (χ1n) is 9.53. The summed E-state index contributed by atoms with van der Waals surface area (Å²) in [6.07, 6.45) is 1.43. The minimum Gasteiger partial charge on any atom is -0.496 e. The smallest absolute Gasteiger partial charge is 0.271 e. The summed E-state index contributed by atoms with van der Waals surface area (Å²) in [5.74, 6) is 0.439. The number of benzene rings is 2. The predicted molar refractivity (Wildman–Crippen MR) is 119 cm³/mol. The molecule has 0 fully saturated rings. The highest BCUT2D eigenvalue weighted by molar-refractivity contribution is 7.22. The molecule has 0 aliphatic carbocycles. The minimum absolute atomic E-state index is 0.0974.